The topological polar surface area (TPSA) is 99.1 Å². The zero-order valence-corrected chi connectivity index (χ0v) is 42.3. The van der Waals surface area contributed by atoms with Crippen molar-refractivity contribution in [3.63, 3.8) is 0 Å². The Balaban J connectivity index is 4.22. The Kier molecular flexibility index (Phi) is 44.7. The van der Waals surface area contributed by atoms with Gasteiger partial charge in [-0.1, -0.05) is 199 Å². The number of unbranched alkanes of at least 4 members (excludes halogenated alkanes) is 31. The van der Waals surface area contributed by atoms with Crippen molar-refractivity contribution >= 4 is 17.9 Å². The number of carbonyl (C=O) groups is 3. The summed E-state index contributed by atoms with van der Waals surface area (Å²) in [4.78, 5) is 37.2. The molecule has 2 atom stereocenters. The summed E-state index contributed by atoms with van der Waals surface area (Å²) in [5.41, 5.74) is 0. The number of hydrogen-bond acceptors (Lipinski definition) is 6. The molecule has 0 radical (unpaired) electrons. The summed E-state index contributed by atoms with van der Waals surface area (Å²) in [6.45, 7) is 4.77. The Morgan fingerprint density at radius 3 is 1.14 bits per heavy atom. The van der Waals surface area contributed by atoms with Crippen molar-refractivity contribution in [2.45, 2.75) is 270 Å². The number of hydrogen-bond donors (Lipinski definition) is 1. The van der Waals surface area contributed by atoms with Crippen LogP contribution >= 0.6 is 0 Å². The van der Waals surface area contributed by atoms with E-state index in [1.54, 1.807) is 0 Å². The Morgan fingerprint density at radius 2 is 0.794 bits per heavy atom. The average molecular weight is 891 g/mol. The summed E-state index contributed by atoms with van der Waals surface area (Å²) in [6.07, 6.45) is 53.7. The number of quaternary nitrogens is 1. The van der Waals surface area contributed by atoms with Gasteiger partial charge < -0.3 is 23.8 Å². The molecule has 0 fully saturated rings. The molecule has 0 aliphatic rings. The highest BCUT2D eigenvalue weighted by Crippen LogP contribution is 2.16. The molecular formula is C55H104NO7+. The number of nitrogens with zero attached hydrogens (tertiary/aromatic N) is 1. The van der Waals surface area contributed by atoms with Gasteiger partial charge in [0, 0.05) is 19.3 Å². The third-order valence-electron chi connectivity index (χ3n) is 12.3. The smallest absolute Gasteiger partial charge is 0.362 e. The first-order valence-corrected chi connectivity index (χ1v) is 26.9. The molecule has 0 aromatic rings. The molecule has 370 valence electrons. The molecule has 0 amide bonds. The lowest BCUT2D eigenvalue weighted by atomic mass is 10.1. The molecule has 63 heavy (non-hydrogen) atoms. The first kappa shape index (κ1) is 60.8. The number of carbonyl (C=O) groups excluding carboxylic acids is 2. The van der Waals surface area contributed by atoms with E-state index in [-0.39, 0.29) is 36.2 Å². The second kappa shape index (κ2) is 46.3. The van der Waals surface area contributed by atoms with Crippen LogP contribution in [0.25, 0.3) is 0 Å². The van der Waals surface area contributed by atoms with E-state index >= 15 is 0 Å². The molecule has 0 spiro atoms. The molecule has 0 aliphatic carbocycles. The van der Waals surface area contributed by atoms with Gasteiger partial charge in [0.25, 0.3) is 0 Å². The SMILES string of the molecule is CCCCCCCCCCC/C=C/CCCCCCCC(=O)OCC(COCCC(C(=O)O)[N+](C)(C)C)OC(=O)CCCCCCCCC/C=C/CCCCCCCCCCCC. The normalized spacial score (nSPS) is 13.0. The van der Waals surface area contributed by atoms with Crippen molar-refractivity contribution in [2.24, 2.45) is 0 Å². The van der Waals surface area contributed by atoms with Gasteiger partial charge in [-0.15, -0.1) is 0 Å². The highest BCUT2D eigenvalue weighted by molar-refractivity contribution is 5.72. The van der Waals surface area contributed by atoms with Crippen LogP contribution in [0.2, 0.25) is 0 Å². The van der Waals surface area contributed by atoms with Crippen LogP contribution in [0.1, 0.15) is 258 Å². The molecule has 0 saturated carbocycles. The van der Waals surface area contributed by atoms with E-state index in [4.69, 9.17) is 14.2 Å². The standard InChI is InChI=1S/C55H103NO7/c1-6-8-10-12-14-16-18-20-22-24-26-27-28-30-32-34-36-38-40-42-44-46-54(58)63-51(49-61-48-47-52(55(59)60)56(3,4)5)50-62-53(57)45-43-41-39-37-35-33-31-29-25-23-21-19-17-15-13-11-9-7-2/h27-29,31,51-52H,6-26,30,32-50H2,1-5H3/p+1/b28-27+,31-29+. The van der Waals surface area contributed by atoms with Crippen LogP contribution in [0.4, 0.5) is 0 Å². The van der Waals surface area contributed by atoms with E-state index in [1.807, 2.05) is 21.1 Å². The lowest BCUT2D eigenvalue weighted by Crippen LogP contribution is -2.50. The van der Waals surface area contributed by atoms with Crippen LogP contribution in [0.15, 0.2) is 24.3 Å². The van der Waals surface area contributed by atoms with Gasteiger partial charge in [0.15, 0.2) is 12.1 Å². The van der Waals surface area contributed by atoms with E-state index < -0.39 is 18.1 Å². The summed E-state index contributed by atoms with van der Waals surface area (Å²) in [6, 6.07) is -0.615. The number of carboxylic acids is 1. The molecule has 8 nitrogen and oxygen atoms in total. The molecule has 0 saturated heterocycles. The van der Waals surface area contributed by atoms with Crippen molar-refractivity contribution in [2.75, 3.05) is 41.0 Å². The molecular weight excluding hydrogens is 787 g/mol. The Labute approximate surface area is 390 Å². The lowest BCUT2D eigenvalue weighted by molar-refractivity contribution is -0.887. The van der Waals surface area contributed by atoms with Crippen molar-refractivity contribution in [1.82, 2.24) is 0 Å². The van der Waals surface area contributed by atoms with Crippen LogP contribution in [-0.2, 0) is 28.6 Å². The van der Waals surface area contributed by atoms with Gasteiger partial charge in [-0.05, 0) is 64.2 Å². The molecule has 0 rings (SSSR count). The Bertz CT molecular complexity index is 1080. The lowest BCUT2D eigenvalue weighted by Gasteiger charge is -2.31. The molecule has 0 aromatic carbocycles. The molecule has 0 aliphatic heterocycles. The van der Waals surface area contributed by atoms with Crippen molar-refractivity contribution in [3.8, 4) is 0 Å². The zero-order valence-electron chi connectivity index (χ0n) is 42.3. The number of esters is 2. The van der Waals surface area contributed by atoms with E-state index in [1.165, 1.54) is 180 Å². The summed E-state index contributed by atoms with van der Waals surface area (Å²) in [7, 11) is 5.54. The van der Waals surface area contributed by atoms with Crippen LogP contribution in [-0.4, -0.2) is 80.6 Å². The molecule has 0 heterocycles. The second-order valence-electron chi connectivity index (χ2n) is 19.5. The van der Waals surface area contributed by atoms with Crippen molar-refractivity contribution < 1.29 is 38.2 Å². The van der Waals surface area contributed by atoms with Crippen LogP contribution in [0.5, 0.6) is 0 Å². The minimum atomic E-state index is -0.874. The third-order valence-corrected chi connectivity index (χ3v) is 12.3. The highest BCUT2D eigenvalue weighted by Gasteiger charge is 2.31. The number of carboxylic acid groups (broad SMARTS) is 1. The van der Waals surface area contributed by atoms with Crippen molar-refractivity contribution in [1.29, 1.82) is 0 Å². The highest BCUT2D eigenvalue weighted by atomic mass is 16.6. The van der Waals surface area contributed by atoms with Crippen LogP contribution < -0.4 is 0 Å². The van der Waals surface area contributed by atoms with Gasteiger partial charge in [-0.2, -0.15) is 0 Å². The Morgan fingerprint density at radius 1 is 0.460 bits per heavy atom. The fourth-order valence-electron chi connectivity index (χ4n) is 8.14. The maximum Gasteiger partial charge on any atom is 0.362 e. The van der Waals surface area contributed by atoms with Gasteiger partial charge in [-0.3, -0.25) is 9.59 Å². The van der Waals surface area contributed by atoms with Crippen molar-refractivity contribution in [3.05, 3.63) is 24.3 Å². The zero-order chi connectivity index (χ0) is 46.3. The maximum atomic E-state index is 12.8. The third kappa shape index (κ3) is 44.8. The van der Waals surface area contributed by atoms with Crippen LogP contribution in [0.3, 0.4) is 0 Å². The number of aliphatic carboxylic acids is 1. The number of rotatable bonds is 49. The Hall–Kier alpha value is -2.19. The molecule has 0 aromatic heterocycles. The fraction of sp³-hybridized carbons (Fsp3) is 0.873. The number of ether oxygens (including phenoxy) is 3. The summed E-state index contributed by atoms with van der Waals surface area (Å²) < 4.78 is 17.4. The average Bonchev–Trinajstić information content (AvgIpc) is 3.24. The van der Waals surface area contributed by atoms with E-state index in [0.29, 0.717) is 19.3 Å². The first-order chi connectivity index (χ1) is 30.6. The van der Waals surface area contributed by atoms with Gasteiger partial charge in [-0.25, -0.2) is 4.79 Å². The predicted octanol–water partition coefficient (Wildman–Crippen LogP) is 15.6. The fourth-order valence-corrected chi connectivity index (χ4v) is 8.14. The first-order valence-electron chi connectivity index (χ1n) is 26.9. The van der Waals surface area contributed by atoms with Gasteiger partial charge >= 0.3 is 17.9 Å². The minimum Gasteiger partial charge on any atom is -0.477 e. The van der Waals surface area contributed by atoms with Gasteiger partial charge in [0.1, 0.15) is 6.61 Å². The second-order valence-corrected chi connectivity index (χ2v) is 19.5. The largest absolute Gasteiger partial charge is 0.477 e. The molecule has 1 N–H and O–H groups in total. The molecule has 0 bridgehead atoms. The quantitative estimate of drug-likeness (QED) is 0.0281. The van der Waals surface area contributed by atoms with Gasteiger partial charge in [0.05, 0.1) is 34.4 Å². The molecule has 8 heteroatoms. The summed E-state index contributed by atoms with van der Waals surface area (Å²) >= 11 is 0. The van der Waals surface area contributed by atoms with Gasteiger partial charge in [0.2, 0.25) is 0 Å². The molecule has 2 unspecified atom stereocenters. The van der Waals surface area contributed by atoms with E-state index in [2.05, 4.69) is 38.2 Å². The van der Waals surface area contributed by atoms with E-state index in [9.17, 15) is 19.5 Å². The number of allylic oxidation sites excluding steroid dienone is 4. The summed E-state index contributed by atoms with van der Waals surface area (Å²) in [5.74, 6) is -1.47. The predicted molar refractivity (Wildman–Crippen MR) is 266 cm³/mol. The number of likely N-dealkylation sites (N-methyl/N-ethyl adjacent to an activating group) is 1. The maximum absolute atomic E-state index is 12.8. The van der Waals surface area contributed by atoms with Crippen LogP contribution in [0, 0.1) is 0 Å². The minimum absolute atomic E-state index is 0.0534. The monoisotopic (exact) mass is 891 g/mol. The summed E-state index contributed by atoms with van der Waals surface area (Å²) in [5, 5.41) is 9.66. The van der Waals surface area contributed by atoms with E-state index in [0.717, 1.165) is 44.9 Å².